The molecule has 0 radical (unpaired) electrons. The molecular weight excluding hydrogens is 614 g/mol. The molecule has 2 amide bonds. The summed E-state index contributed by atoms with van der Waals surface area (Å²) in [5.74, 6) is -0.770. The van der Waals surface area contributed by atoms with Crippen molar-refractivity contribution in [3.05, 3.63) is 65.5 Å². The number of halogens is 3. The first-order valence-electron chi connectivity index (χ1n) is 11.6. The van der Waals surface area contributed by atoms with E-state index in [2.05, 4.69) is 25.6 Å². The first-order chi connectivity index (χ1) is 18.7. The van der Waals surface area contributed by atoms with Crippen LogP contribution < -0.4 is 19.4 Å². The predicted octanol–water partition coefficient (Wildman–Crippen LogP) is 1.11. The van der Waals surface area contributed by atoms with E-state index in [4.69, 9.17) is 0 Å². The van der Waals surface area contributed by atoms with Gasteiger partial charge in [-0.15, -0.1) is 0 Å². The fourth-order valence-electron chi connectivity index (χ4n) is 3.26. The number of pyridine rings is 1. The van der Waals surface area contributed by atoms with Crippen LogP contribution in [0.2, 0.25) is 0 Å². The summed E-state index contributed by atoms with van der Waals surface area (Å²) in [4.78, 5) is 37.6. The number of hydrogen-bond acceptors (Lipinski definition) is 8. The maximum atomic E-state index is 13.8. The van der Waals surface area contributed by atoms with Crippen LogP contribution in [0.5, 0.6) is 0 Å². The van der Waals surface area contributed by atoms with E-state index in [-0.39, 0.29) is 39.5 Å². The Morgan fingerprint density at radius 2 is 1.80 bits per heavy atom. The molecule has 0 fully saturated rings. The molecule has 0 aliphatic rings. The summed E-state index contributed by atoms with van der Waals surface area (Å²) in [6.07, 6.45) is -1.58. The molecule has 214 valence electrons. The van der Waals surface area contributed by atoms with E-state index in [0.29, 0.717) is 17.4 Å². The molecule has 0 aliphatic carbocycles. The molecule has 1 unspecified atom stereocenters. The number of anilines is 3. The molecule has 3 aromatic rings. The first-order valence-corrected chi connectivity index (χ1v) is 16.0. The second-order valence-corrected chi connectivity index (χ2v) is 13.2. The molecule has 16 heteroatoms. The van der Waals surface area contributed by atoms with Crippen LogP contribution in [0.4, 0.5) is 30.6 Å². The van der Waals surface area contributed by atoms with Crippen molar-refractivity contribution in [1.82, 2.24) is 25.2 Å². The fraction of sp³-hybridized carbons (Fsp3) is 0.292. The molecule has 0 saturated heterocycles. The van der Waals surface area contributed by atoms with Crippen LogP contribution in [-0.4, -0.2) is 89.8 Å². The Balaban J connectivity index is 1.84. The molecule has 1 atom stereocenters. The van der Waals surface area contributed by atoms with E-state index >= 15 is 0 Å². The van der Waals surface area contributed by atoms with Crippen molar-refractivity contribution in [3.8, 4) is 0 Å². The van der Waals surface area contributed by atoms with Crippen LogP contribution in [0, 0.1) is 0 Å². The Kier molecular flexibility index (Phi) is 9.74. The number of carbonyl (C=O) groups is 2. The molecule has 0 bridgehead atoms. The van der Waals surface area contributed by atoms with Crippen LogP contribution in [0.3, 0.4) is 0 Å². The number of nitrogens with one attached hydrogen (secondary N) is 2. The zero-order chi connectivity index (χ0) is 29.7. The van der Waals surface area contributed by atoms with Crippen LogP contribution in [-0.2, 0) is 26.2 Å². The van der Waals surface area contributed by atoms with Crippen LogP contribution >= 0.6 is 0 Å². The van der Waals surface area contributed by atoms with Gasteiger partial charge >= 0.3 is 222 Å². The number of hydrogen-bond donors (Lipinski definition) is 2. The summed E-state index contributed by atoms with van der Waals surface area (Å²) in [6, 6.07) is 9.32. The van der Waals surface area contributed by atoms with E-state index < -0.39 is 43.4 Å². The third-order valence-corrected chi connectivity index (χ3v) is 9.32. The number of nitrogens with zero attached hydrogens (tertiary/aromatic N) is 5. The number of alkyl halides is 3. The van der Waals surface area contributed by atoms with Crippen molar-refractivity contribution in [1.29, 1.82) is 0 Å². The Hall–Kier alpha value is -3.71. The standard InChI is InChI=1S/C24H27AsF3N7O4S/c1-34(2)19(36)14-30-22(37)15-7-5-9-17(11-15)32-23-31-13-18(24(26,27)28)20(33-23)25-12-16-8-6-10-29-21(16)35(3)40(4,38)39/h5-11,13,25H,12,14H2,1-4H3,(H,30,37)(H,31,32,33). The molecule has 11 nitrogen and oxygen atoms in total. The number of rotatable bonds is 10. The molecule has 3 rings (SSSR count). The average Bonchev–Trinajstić information content (AvgIpc) is 2.89. The maximum absolute atomic E-state index is 13.8. The summed E-state index contributed by atoms with van der Waals surface area (Å²) in [7, 11) is 0.807. The topological polar surface area (TPSA) is 137 Å². The van der Waals surface area contributed by atoms with Gasteiger partial charge in [-0.3, -0.25) is 0 Å². The van der Waals surface area contributed by atoms with Gasteiger partial charge in [0.1, 0.15) is 0 Å². The monoisotopic (exact) mass is 641 g/mol. The second-order valence-electron chi connectivity index (χ2n) is 8.70. The normalized spacial score (nSPS) is 11.9. The van der Waals surface area contributed by atoms with E-state index in [9.17, 15) is 31.2 Å². The van der Waals surface area contributed by atoms with Gasteiger partial charge in [-0.2, -0.15) is 0 Å². The van der Waals surface area contributed by atoms with Gasteiger partial charge in [0.2, 0.25) is 0 Å². The van der Waals surface area contributed by atoms with Gasteiger partial charge in [0.15, 0.2) is 0 Å². The van der Waals surface area contributed by atoms with E-state index in [1.807, 2.05) is 0 Å². The minimum atomic E-state index is -4.69. The number of benzene rings is 1. The summed E-state index contributed by atoms with van der Waals surface area (Å²) >= 11 is -1.59. The molecule has 1 aromatic carbocycles. The summed E-state index contributed by atoms with van der Waals surface area (Å²) in [5, 5.41) is 5.47. The van der Waals surface area contributed by atoms with Crippen LogP contribution in [0.25, 0.3) is 0 Å². The average molecular weight is 642 g/mol. The van der Waals surface area contributed by atoms with E-state index in [1.165, 1.54) is 30.3 Å². The van der Waals surface area contributed by atoms with E-state index in [1.54, 1.807) is 38.4 Å². The van der Waals surface area contributed by atoms with Gasteiger partial charge in [-0.05, 0) is 0 Å². The van der Waals surface area contributed by atoms with Gasteiger partial charge in [0.05, 0.1) is 0 Å². The molecule has 2 N–H and O–H groups in total. The first kappa shape index (κ1) is 30.8. The Morgan fingerprint density at radius 3 is 2.45 bits per heavy atom. The predicted molar refractivity (Wildman–Crippen MR) is 146 cm³/mol. The molecule has 2 aromatic heterocycles. The van der Waals surface area contributed by atoms with Crippen LogP contribution in [0.1, 0.15) is 21.5 Å². The molecule has 40 heavy (non-hydrogen) atoms. The second kappa shape index (κ2) is 12.6. The minimum absolute atomic E-state index is 0.105. The number of likely N-dealkylation sites (N-methyl/N-ethyl adjacent to an activating group) is 1. The van der Waals surface area contributed by atoms with E-state index in [0.717, 1.165) is 10.6 Å². The van der Waals surface area contributed by atoms with Crippen molar-refractivity contribution in [2.24, 2.45) is 0 Å². The van der Waals surface area contributed by atoms with Crippen LogP contribution in [0.15, 0.2) is 48.8 Å². The molecule has 0 spiro atoms. The zero-order valence-electron chi connectivity index (χ0n) is 21.9. The molecular formula is C24H27AsF3N7O4S. The Morgan fingerprint density at radius 1 is 1.07 bits per heavy atom. The van der Waals surface area contributed by atoms with Crippen molar-refractivity contribution >= 4 is 59.5 Å². The Labute approximate surface area is 235 Å². The number of carbonyl (C=O) groups excluding carboxylic acids is 2. The molecule has 2 heterocycles. The van der Waals surface area contributed by atoms with Gasteiger partial charge in [0.25, 0.3) is 0 Å². The van der Waals surface area contributed by atoms with Gasteiger partial charge < -0.3 is 0 Å². The quantitative estimate of drug-likeness (QED) is 0.315. The summed E-state index contributed by atoms with van der Waals surface area (Å²) < 4.78 is 66.1. The SMILES string of the molecule is CN(C)C(=O)CNC(=O)c1cccc(Nc2ncc(C(F)(F)F)c([AsH]Cc3cccnc3N(C)S(C)(=O)=O)n2)c1. The van der Waals surface area contributed by atoms with Crippen molar-refractivity contribution in [2.75, 3.05) is 43.6 Å². The van der Waals surface area contributed by atoms with Gasteiger partial charge in [-0.25, -0.2) is 0 Å². The summed E-state index contributed by atoms with van der Waals surface area (Å²) in [6.45, 7) is -0.197. The third-order valence-electron chi connectivity index (χ3n) is 5.48. The number of amides is 2. The van der Waals surface area contributed by atoms with Gasteiger partial charge in [-0.1, -0.05) is 0 Å². The fourth-order valence-corrected chi connectivity index (χ4v) is 6.28. The number of sulfonamides is 1. The zero-order valence-corrected chi connectivity index (χ0v) is 24.9. The van der Waals surface area contributed by atoms with Gasteiger partial charge in [0, 0.05) is 14.1 Å². The van der Waals surface area contributed by atoms with Crippen molar-refractivity contribution < 1.29 is 31.2 Å². The van der Waals surface area contributed by atoms with Crippen molar-refractivity contribution in [2.45, 2.75) is 11.4 Å². The molecule has 0 aliphatic heterocycles. The number of aromatic nitrogens is 3. The van der Waals surface area contributed by atoms with Crippen molar-refractivity contribution in [3.63, 3.8) is 0 Å². The summed E-state index contributed by atoms with van der Waals surface area (Å²) in [5.41, 5.74) is 0.0691. The third kappa shape index (κ3) is 8.15. The Bertz CT molecular complexity index is 1500. The molecule has 0 saturated carbocycles.